The van der Waals surface area contributed by atoms with Crippen molar-refractivity contribution in [3.63, 3.8) is 0 Å². The van der Waals surface area contributed by atoms with Gasteiger partial charge in [0.25, 0.3) is 5.91 Å². The number of aryl methyl sites for hydroxylation is 1. The van der Waals surface area contributed by atoms with Crippen molar-refractivity contribution >= 4 is 11.6 Å². The molecule has 1 amide bonds. The molecule has 2 aromatic rings. The fourth-order valence-electron chi connectivity index (χ4n) is 1.98. The van der Waals surface area contributed by atoms with E-state index in [1.165, 1.54) is 12.3 Å². The van der Waals surface area contributed by atoms with Gasteiger partial charge in [0.1, 0.15) is 5.56 Å². The summed E-state index contributed by atoms with van der Waals surface area (Å²) in [5, 5.41) is 5.97. The number of rotatable bonds is 5. The third-order valence-electron chi connectivity index (χ3n) is 3.07. The molecule has 0 saturated heterocycles. The predicted molar refractivity (Wildman–Crippen MR) is 83.6 cm³/mol. The number of amides is 1. The Labute approximate surface area is 123 Å². The van der Waals surface area contributed by atoms with Crippen molar-refractivity contribution in [3.8, 4) is 0 Å². The number of hydrogen-bond acceptors (Lipinski definition) is 3. The Hall–Kier alpha value is -2.40. The van der Waals surface area contributed by atoms with Crippen LogP contribution < -0.4 is 16.1 Å². The largest absolute Gasteiger partial charge is 0.364 e. The van der Waals surface area contributed by atoms with Crippen LogP contribution in [0.2, 0.25) is 0 Å². The molecule has 5 nitrogen and oxygen atoms in total. The first-order valence-corrected chi connectivity index (χ1v) is 6.90. The molecule has 1 aromatic heterocycles. The lowest BCUT2D eigenvalue weighted by atomic mass is 10.2. The molecular formula is C16H19N3O2. The lowest BCUT2D eigenvalue weighted by Crippen LogP contribution is -2.21. The number of aromatic amines is 1. The van der Waals surface area contributed by atoms with E-state index in [2.05, 4.69) is 15.6 Å². The molecule has 2 rings (SSSR count). The van der Waals surface area contributed by atoms with E-state index in [-0.39, 0.29) is 11.0 Å². The SMILES string of the molecule is CCNCc1cccc(NC(=O)c2c[nH]c(C)cc2=O)c1. The van der Waals surface area contributed by atoms with Crippen molar-refractivity contribution in [2.45, 2.75) is 20.4 Å². The van der Waals surface area contributed by atoms with Crippen molar-refractivity contribution in [1.29, 1.82) is 0 Å². The summed E-state index contributed by atoms with van der Waals surface area (Å²) in [7, 11) is 0. The highest BCUT2D eigenvalue weighted by Gasteiger charge is 2.10. The number of aromatic nitrogens is 1. The number of anilines is 1. The number of H-pyrrole nitrogens is 1. The fourth-order valence-corrected chi connectivity index (χ4v) is 1.98. The van der Waals surface area contributed by atoms with Crippen LogP contribution in [0, 0.1) is 6.92 Å². The van der Waals surface area contributed by atoms with E-state index in [1.807, 2.05) is 25.1 Å². The molecule has 110 valence electrons. The third-order valence-corrected chi connectivity index (χ3v) is 3.07. The molecule has 21 heavy (non-hydrogen) atoms. The van der Waals surface area contributed by atoms with E-state index in [0.717, 1.165) is 24.3 Å². The first kappa shape index (κ1) is 15.0. The van der Waals surface area contributed by atoms with E-state index in [0.29, 0.717) is 5.69 Å². The molecule has 0 aliphatic heterocycles. The Morgan fingerprint density at radius 2 is 2.10 bits per heavy atom. The molecule has 0 saturated carbocycles. The summed E-state index contributed by atoms with van der Waals surface area (Å²) in [6, 6.07) is 8.97. The van der Waals surface area contributed by atoms with E-state index >= 15 is 0 Å². The maximum Gasteiger partial charge on any atom is 0.261 e. The van der Waals surface area contributed by atoms with Gasteiger partial charge in [-0.15, -0.1) is 0 Å². The molecular weight excluding hydrogens is 266 g/mol. The Balaban J connectivity index is 2.14. The summed E-state index contributed by atoms with van der Waals surface area (Å²) in [5.74, 6) is -0.406. The van der Waals surface area contributed by atoms with Crippen molar-refractivity contribution in [3.05, 3.63) is 63.6 Å². The number of pyridine rings is 1. The first-order chi connectivity index (χ1) is 10.1. The molecule has 1 heterocycles. The van der Waals surface area contributed by atoms with Gasteiger partial charge in [0.05, 0.1) is 0 Å². The normalized spacial score (nSPS) is 10.4. The van der Waals surface area contributed by atoms with Crippen LogP contribution in [-0.2, 0) is 6.54 Å². The molecule has 0 bridgehead atoms. The summed E-state index contributed by atoms with van der Waals surface area (Å²) in [5.41, 5.74) is 2.30. The molecule has 0 fully saturated rings. The minimum absolute atomic E-state index is 0.109. The fraction of sp³-hybridized carbons (Fsp3) is 0.250. The smallest absolute Gasteiger partial charge is 0.261 e. The lowest BCUT2D eigenvalue weighted by Gasteiger charge is -2.08. The van der Waals surface area contributed by atoms with Crippen molar-refractivity contribution in [1.82, 2.24) is 10.3 Å². The Bertz CT molecular complexity index is 692. The number of benzene rings is 1. The van der Waals surface area contributed by atoms with Crippen LogP contribution in [0.5, 0.6) is 0 Å². The summed E-state index contributed by atoms with van der Waals surface area (Å²) in [4.78, 5) is 26.8. The summed E-state index contributed by atoms with van der Waals surface area (Å²) in [6.45, 7) is 5.43. The van der Waals surface area contributed by atoms with E-state index in [1.54, 1.807) is 13.0 Å². The van der Waals surface area contributed by atoms with Gasteiger partial charge in [-0.25, -0.2) is 0 Å². The predicted octanol–water partition coefficient (Wildman–Crippen LogP) is 2.05. The molecule has 5 heteroatoms. The van der Waals surface area contributed by atoms with Crippen LogP contribution in [0.3, 0.4) is 0 Å². The van der Waals surface area contributed by atoms with Crippen LogP contribution in [0.1, 0.15) is 28.5 Å². The molecule has 0 spiro atoms. The maximum absolute atomic E-state index is 12.1. The minimum Gasteiger partial charge on any atom is -0.364 e. The summed E-state index contributed by atoms with van der Waals surface area (Å²) in [6.07, 6.45) is 1.44. The Morgan fingerprint density at radius 1 is 1.29 bits per heavy atom. The van der Waals surface area contributed by atoms with Crippen molar-refractivity contribution < 1.29 is 4.79 Å². The number of hydrogen-bond donors (Lipinski definition) is 3. The molecule has 1 aromatic carbocycles. The van der Waals surface area contributed by atoms with E-state index in [9.17, 15) is 9.59 Å². The average molecular weight is 285 g/mol. The van der Waals surface area contributed by atoms with Gasteiger partial charge in [0.2, 0.25) is 0 Å². The van der Waals surface area contributed by atoms with Crippen LogP contribution in [-0.4, -0.2) is 17.4 Å². The summed E-state index contributed by atoms with van der Waals surface area (Å²) < 4.78 is 0. The Morgan fingerprint density at radius 3 is 2.81 bits per heavy atom. The van der Waals surface area contributed by atoms with Gasteiger partial charge >= 0.3 is 0 Å². The van der Waals surface area contributed by atoms with Gasteiger partial charge in [-0.1, -0.05) is 19.1 Å². The Kier molecular flexibility index (Phi) is 4.90. The van der Waals surface area contributed by atoms with Gasteiger partial charge in [-0.2, -0.15) is 0 Å². The highest BCUT2D eigenvalue weighted by atomic mass is 16.2. The molecule has 0 aliphatic carbocycles. The van der Waals surface area contributed by atoms with E-state index < -0.39 is 5.91 Å². The third kappa shape index (κ3) is 4.03. The zero-order chi connectivity index (χ0) is 15.2. The molecule has 0 radical (unpaired) electrons. The average Bonchev–Trinajstić information content (AvgIpc) is 2.45. The second-order valence-electron chi connectivity index (χ2n) is 4.83. The quantitative estimate of drug-likeness (QED) is 0.787. The van der Waals surface area contributed by atoms with Crippen LogP contribution >= 0.6 is 0 Å². The standard InChI is InChI=1S/C16H19N3O2/c1-3-17-9-12-5-4-6-13(8-12)19-16(21)14-10-18-11(2)7-15(14)20/h4-8,10,17H,3,9H2,1-2H3,(H,18,20)(H,19,21). The van der Waals surface area contributed by atoms with Gasteiger partial charge in [0, 0.05) is 30.2 Å². The first-order valence-electron chi connectivity index (χ1n) is 6.90. The maximum atomic E-state index is 12.1. The van der Waals surface area contributed by atoms with Crippen molar-refractivity contribution in [2.75, 3.05) is 11.9 Å². The number of nitrogens with one attached hydrogen (secondary N) is 3. The van der Waals surface area contributed by atoms with Crippen LogP contribution in [0.15, 0.2) is 41.3 Å². The van der Waals surface area contributed by atoms with Gasteiger partial charge in [-0.3, -0.25) is 9.59 Å². The zero-order valence-electron chi connectivity index (χ0n) is 12.2. The summed E-state index contributed by atoms with van der Waals surface area (Å²) >= 11 is 0. The van der Waals surface area contributed by atoms with Crippen LogP contribution in [0.25, 0.3) is 0 Å². The van der Waals surface area contributed by atoms with Gasteiger partial charge in [-0.05, 0) is 31.2 Å². The van der Waals surface area contributed by atoms with Gasteiger partial charge < -0.3 is 15.6 Å². The molecule has 0 aliphatic rings. The highest BCUT2D eigenvalue weighted by Crippen LogP contribution is 2.11. The van der Waals surface area contributed by atoms with Crippen molar-refractivity contribution in [2.24, 2.45) is 0 Å². The zero-order valence-corrected chi connectivity index (χ0v) is 12.2. The monoisotopic (exact) mass is 285 g/mol. The van der Waals surface area contributed by atoms with Crippen LogP contribution in [0.4, 0.5) is 5.69 Å². The minimum atomic E-state index is -0.406. The molecule has 0 unspecified atom stereocenters. The van der Waals surface area contributed by atoms with Gasteiger partial charge in [0.15, 0.2) is 5.43 Å². The second-order valence-corrected chi connectivity index (χ2v) is 4.83. The topological polar surface area (TPSA) is 74.0 Å². The number of carbonyl (C=O) groups is 1. The number of carbonyl (C=O) groups excluding carboxylic acids is 1. The highest BCUT2D eigenvalue weighted by molar-refractivity contribution is 6.04. The lowest BCUT2D eigenvalue weighted by molar-refractivity contribution is 0.102. The van der Waals surface area contributed by atoms with E-state index in [4.69, 9.17) is 0 Å². The molecule has 3 N–H and O–H groups in total. The second kappa shape index (κ2) is 6.85. The molecule has 0 atom stereocenters.